The smallest absolute Gasteiger partial charge is 0.194 e. The molecule has 0 fully saturated rings. The maximum absolute atomic E-state index is 4.56. The van der Waals surface area contributed by atoms with E-state index >= 15 is 0 Å². The predicted octanol–water partition coefficient (Wildman–Crippen LogP) is 4.61. The highest BCUT2D eigenvalue weighted by Gasteiger charge is 2.09. The molecule has 2 aromatic carbocycles. The van der Waals surface area contributed by atoms with Crippen LogP contribution in [0.5, 0.6) is 0 Å². The number of nitrogens with zero attached hydrogens (tertiary/aromatic N) is 3. The average Bonchev–Trinajstić information content (AvgIpc) is 3.07. The number of nitrogens with one attached hydrogen (secondary N) is 1. The van der Waals surface area contributed by atoms with Crippen molar-refractivity contribution in [2.75, 3.05) is 5.43 Å². The maximum atomic E-state index is 4.56. The minimum atomic E-state index is 0.973. The van der Waals surface area contributed by atoms with Gasteiger partial charge in [-0.3, -0.25) is 9.83 Å². The molecule has 0 saturated carbocycles. The first-order valence-corrected chi connectivity index (χ1v) is 8.31. The van der Waals surface area contributed by atoms with Crippen LogP contribution in [0.2, 0.25) is 0 Å². The highest BCUT2D eigenvalue weighted by Crippen LogP contribution is 2.20. The standard InChI is InChI=1S/C18H16N4S/c1-12-11-23-18-20-13(2)17(22(12)18)10-19-21-16-8-7-14-5-3-4-6-15(14)9-16/h3-11,21H,1-2H3/b19-10-. The van der Waals surface area contributed by atoms with Gasteiger partial charge in [0, 0.05) is 11.1 Å². The number of aromatic nitrogens is 2. The number of hydrogen-bond acceptors (Lipinski definition) is 4. The summed E-state index contributed by atoms with van der Waals surface area (Å²) in [6.45, 7) is 4.09. The summed E-state index contributed by atoms with van der Waals surface area (Å²) in [6, 6.07) is 14.5. The number of rotatable bonds is 3. The van der Waals surface area contributed by atoms with Gasteiger partial charge in [-0.25, -0.2) is 4.98 Å². The van der Waals surface area contributed by atoms with Crippen molar-refractivity contribution in [1.29, 1.82) is 0 Å². The lowest BCUT2D eigenvalue weighted by molar-refractivity contribution is 1.11. The Kier molecular flexibility index (Phi) is 3.35. The van der Waals surface area contributed by atoms with Gasteiger partial charge in [0.15, 0.2) is 4.96 Å². The summed E-state index contributed by atoms with van der Waals surface area (Å²) in [5.74, 6) is 0. The van der Waals surface area contributed by atoms with E-state index in [1.54, 1.807) is 11.3 Å². The van der Waals surface area contributed by atoms with Gasteiger partial charge in [-0.05, 0) is 36.8 Å². The van der Waals surface area contributed by atoms with Crippen molar-refractivity contribution >= 4 is 39.0 Å². The van der Waals surface area contributed by atoms with Crippen LogP contribution in [0.1, 0.15) is 17.1 Å². The number of benzene rings is 2. The fraction of sp³-hybridized carbons (Fsp3) is 0.111. The summed E-state index contributed by atoms with van der Waals surface area (Å²) in [4.78, 5) is 5.57. The third-order valence-corrected chi connectivity index (χ3v) is 4.83. The molecule has 0 bridgehead atoms. The summed E-state index contributed by atoms with van der Waals surface area (Å²) in [7, 11) is 0. The number of hydrogen-bond donors (Lipinski definition) is 1. The second-order valence-electron chi connectivity index (χ2n) is 5.51. The molecule has 0 aliphatic carbocycles. The van der Waals surface area contributed by atoms with E-state index in [-0.39, 0.29) is 0 Å². The van der Waals surface area contributed by atoms with Crippen LogP contribution in [0.15, 0.2) is 52.9 Å². The van der Waals surface area contributed by atoms with Crippen LogP contribution in [0, 0.1) is 13.8 Å². The Morgan fingerprint density at radius 1 is 1.13 bits per heavy atom. The van der Waals surface area contributed by atoms with Crippen LogP contribution in [-0.2, 0) is 0 Å². The molecule has 0 radical (unpaired) electrons. The number of aryl methyl sites for hydroxylation is 2. The lowest BCUT2D eigenvalue weighted by Gasteiger charge is -2.03. The van der Waals surface area contributed by atoms with Gasteiger partial charge >= 0.3 is 0 Å². The Morgan fingerprint density at radius 3 is 2.83 bits per heavy atom. The third kappa shape index (κ3) is 2.49. The molecule has 0 amide bonds. The summed E-state index contributed by atoms with van der Waals surface area (Å²) in [5, 5.41) is 8.92. The number of fused-ring (bicyclic) bond motifs is 2. The van der Waals surface area contributed by atoms with E-state index in [1.165, 1.54) is 16.5 Å². The summed E-state index contributed by atoms with van der Waals surface area (Å²) >= 11 is 1.65. The SMILES string of the molecule is Cc1nc2scc(C)n2c1/C=N\Nc1ccc2ccccc2c1. The first-order valence-electron chi connectivity index (χ1n) is 7.43. The quantitative estimate of drug-likeness (QED) is 0.442. The summed E-state index contributed by atoms with van der Waals surface area (Å²) in [6.07, 6.45) is 1.84. The molecule has 1 N–H and O–H groups in total. The molecule has 0 aliphatic rings. The monoisotopic (exact) mass is 320 g/mol. The van der Waals surface area contributed by atoms with Crippen molar-refractivity contribution in [3.05, 3.63) is 64.9 Å². The van der Waals surface area contributed by atoms with Crippen molar-refractivity contribution in [3.8, 4) is 0 Å². The fourth-order valence-corrected chi connectivity index (χ4v) is 3.62. The van der Waals surface area contributed by atoms with Gasteiger partial charge in [-0.15, -0.1) is 11.3 Å². The Morgan fingerprint density at radius 2 is 1.96 bits per heavy atom. The predicted molar refractivity (Wildman–Crippen MR) is 97.7 cm³/mol. The van der Waals surface area contributed by atoms with Gasteiger partial charge in [-0.2, -0.15) is 5.10 Å². The minimum Gasteiger partial charge on any atom is -0.286 e. The minimum absolute atomic E-state index is 0.973. The van der Waals surface area contributed by atoms with Gasteiger partial charge in [0.2, 0.25) is 0 Å². The molecular weight excluding hydrogens is 304 g/mol. The molecule has 2 heterocycles. The van der Waals surface area contributed by atoms with Crippen LogP contribution < -0.4 is 5.43 Å². The molecule has 0 unspecified atom stereocenters. The van der Waals surface area contributed by atoms with Crippen molar-refractivity contribution in [2.24, 2.45) is 5.10 Å². The lowest BCUT2D eigenvalue weighted by atomic mass is 10.1. The van der Waals surface area contributed by atoms with E-state index in [9.17, 15) is 0 Å². The van der Waals surface area contributed by atoms with Crippen molar-refractivity contribution < 1.29 is 0 Å². The number of imidazole rings is 1. The highest BCUT2D eigenvalue weighted by atomic mass is 32.1. The molecule has 0 saturated heterocycles. The molecule has 114 valence electrons. The van der Waals surface area contributed by atoms with E-state index in [0.29, 0.717) is 0 Å². The normalized spacial score (nSPS) is 11.7. The molecule has 0 aliphatic heterocycles. The molecule has 0 atom stereocenters. The van der Waals surface area contributed by atoms with Crippen molar-refractivity contribution in [2.45, 2.75) is 13.8 Å². The molecule has 4 rings (SSSR count). The zero-order valence-corrected chi connectivity index (χ0v) is 13.8. The fourth-order valence-electron chi connectivity index (χ4n) is 2.70. The zero-order valence-electron chi connectivity index (χ0n) is 12.9. The van der Waals surface area contributed by atoms with Crippen molar-refractivity contribution in [3.63, 3.8) is 0 Å². The van der Waals surface area contributed by atoms with Gasteiger partial charge in [0.25, 0.3) is 0 Å². The van der Waals surface area contributed by atoms with Gasteiger partial charge in [0.1, 0.15) is 0 Å². The number of thiazole rings is 1. The van der Waals surface area contributed by atoms with E-state index in [0.717, 1.165) is 22.0 Å². The zero-order chi connectivity index (χ0) is 15.8. The van der Waals surface area contributed by atoms with E-state index in [1.807, 2.05) is 31.3 Å². The largest absolute Gasteiger partial charge is 0.286 e. The molecule has 2 aromatic heterocycles. The maximum Gasteiger partial charge on any atom is 0.194 e. The Labute approximate surface area is 138 Å². The first-order chi connectivity index (χ1) is 11.2. The molecule has 0 spiro atoms. The molecule has 4 nitrogen and oxygen atoms in total. The Bertz CT molecular complexity index is 1030. The summed E-state index contributed by atoms with van der Waals surface area (Å²) < 4.78 is 2.13. The first kappa shape index (κ1) is 14.0. The van der Waals surface area contributed by atoms with Crippen LogP contribution >= 0.6 is 11.3 Å². The summed E-state index contributed by atoms with van der Waals surface area (Å²) in [5.41, 5.74) is 7.27. The van der Waals surface area contributed by atoms with Crippen molar-refractivity contribution in [1.82, 2.24) is 9.38 Å². The van der Waals surface area contributed by atoms with Crippen LogP contribution in [0.4, 0.5) is 5.69 Å². The van der Waals surface area contributed by atoms with E-state index in [4.69, 9.17) is 0 Å². The Balaban J connectivity index is 1.62. The van der Waals surface area contributed by atoms with Gasteiger partial charge in [-0.1, -0.05) is 30.3 Å². The molecule has 5 heteroatoms. The number of hydrazone groups is 1. The van der Waals surface area contributed by atoms with E-state index in [2.05, 4.69) is 56.5 Å². The van der Waals surface area contributed by atoms with Gasteiger partial charge in [0.05, 0.1) is 23.3 Å². The molecular formula is C18H16N4S. The molecule has 23 heavy (non-hydrogen) atoms. The highest BCUT2D eigenvalue weighted by molar-refractivity contribution is 7.15. The second-order valence-corrected chi connectivity index (χ2v) is 6.35. The van der Waals surface area contributed by atoms with Crippen LogP contribution in [0.3, 0.4) is 0 Å². The lowest BCUT2D eigenvalue weighted by Crippen LogP contribution is -1.96. The average molecular weight is 320 g/mol. The van der Waals surface area contributed by atoms with E-state index < -0.39 is 0 Å². The molecule has 4 aromatic rings. The van der Waals surface area contributed by atoms with Crippen LogP contribution in [0.25, 0.3) is 15.7 Å². The van der Waals surface area contributed by atoms with Crippen LogP contribution in [-0.4, -0.2) is 15.6 Å². The second kappa shape index (κ2) is 5.52. The third-order valence-electron chi connectivity index (χ3n) is 3.88. The topological polar surface area (TPSA) is 41.7 Å². The Hall–Kier alpha value is -2.66. The van der Waals surface area contributed by atoms with Gasteiger partial charge < -0.3 is 0 Å². The number of anilines is 1.